The Balaban J connectivity index is 2.26. The first-order chi connectivity index (χ1) is 9.11. The van der Waals surface area contributed by atoms with Crippen molar-refractivity contribution in [3.05, 3.63) is 65.2 Å². The van der Waals surface area contributed by atoms with Crippen molar-refractivity contribution in [2.45, 2.75) is 26.3 Å². The number of halogens is 2. The highest BCUT2D eigenvalue weighted by Crippen LogP contribution is 2.26. The van der Waals surface area contributed by atoms with Crippen molar-refractivity contribution in [1.29, 1.82) is 0 Å². The summed E-state index contributed by atoms with van der Waals surface area (Å²) in [4.78, 5) is 0. The Bertz CT molecular complexity index is 566. The standard InChI is InChI=1S/C16H17F2N/c1-3-15(12-6-4-7-13(17)10-12)19-16-9-5-8-14(18)11(16)2/h4-10,15,19H,3H2,1-2H3. The minimum atomic E-state index is -0.256. The molecule has 0 amide bonds. The van der Waals surface area contributed by atoms with Crippen molar-refractivity contribution < 1.29 is 8.78 Å². The number of benzene rings is 2. The van der Waals surface area contributed by atoms with E-state index in [4.69, 9.17) is 0 Å². The number of nitrogens with one attached hydrogen (secondary N) is 1. The van der Waals surface area contributed by atoms with E-state index in [2.05, 4.69) is 5.32 Å². The lowest BCUT2D eigenvalue weighted by Gasteiger charge is -2.20. The van der Waals surface area contributed by atoms with Crippen molar-refractivity contribution in [3.8, 4) is 0 Å². The van der Waals surface area contributed by atoms with Crippen LogP contribution >= 0.6 is 0 Å². The first-order valence-electron chi connectivity index (χ1n) is 6.39. The molecule has 0 aliphatic rings. The van der Waals surface area contributed by atoms with Crippen LogP contribution in [0, 0.1) is 18.6 Å². The first-order valence-corrected chi connectivity index (χ1v) is 6.39. The lowest BCUT2D eigenvalue weighted by molar-refractivity contribution is 0.615. The van der Waals surface area contributed by atoms with Gasteiger partial charge in [0.25, 0.3) is 0 Å². The third-order valence-corrected chi connectivity index (χ3v) is 3.26. The van der Waals surface area contributed by atoms with Crippen molar-refractivity contribution in [2.24, 2.45) is 0 Å². The van der Waals surface area contributed by atoms with E-state index in [1.807, 2.05) is 19.1 Å². The third kappa shape index (κ3) is 3.11. The highest BCUT2D eigenvalue weighted by atomic mass is 19.1. The van der Waals surface area contributed by atoms with Crippen LogP contribution in [0.2, 0.25) is 0 Å². The van der Waals surface area contributed by atoms with Crippen molar-refractivity contribution >= 4 is 5.69 Å². The number of anilines is 1. The van der Waals surface area contributed by atoms with E-state index in [1.54, 1.807) is 19.1 Å². The van der Waals surface area contributed by atoms with Crippen LogP contribution in [0.15, 0.2) is 42.5 Å². The molecule has 0 spiro atoms. The number of hydrogen-bond donors (Lipinski definition) is 1. The Labute approximate surface area is 112 Å². The monoisotopic (exact) mass is 261 g/mol. The third-order valence-electron chi connectivity index (χ3n) is 3.26. The fourth-order valence-corrected chi connectivity index (χ4v) is 2.10. The summed E-state index contributed by atoms with van der Waals surface area (Å²) in [5.41, 5.74) is 2.19. The van der Waals surface area contributed by atoms with E-state index in [9.17, 15) is 8.78 Å². The molecule has 1 nitrogen and oxygen atoms in total. The molecule has 2 aromatic rings. The number of hydrogen-bond acceptors (Lipinski definition) is 1. The maximum absolute atomic E-state index is 13.5. The van der Waals surface area contributed by atoms with Gasteiger partial charge in [-0.15, -0.1) is 0 Å². The molecule has 0 radical (unpaired) electrons. The summed E-state index contributed by atoms with van der Waals surface area (Å²) in [5, 5.41) is 3.27. The van der Waals surface area contributed by atoms with Crippen LogP contribution in [0.4, 0.5) is 14.5 Å². The van der Waals surface area contributed by atoms with Gasteiger partial charge >= 0.3 is 0 Å². The Hall–Kier alpha value is -1.90. The Morgan fingerprint density at radius 1 is 1.11 bits per heavy atom. The van der Waals surface area contributed by atoms with Crippen LogP contribution in [0.25, 0.3) is 0 Å². The highest BCUT2D eigenvalue weighted by molar-refractivity contribution is 5.52. The van der Waals surface area contributed by atoms with Gasteiger partial charge in [0.05, 0.1) is 6.04 Å². The van der Waals surface area contributed by atoms with Gasteiger partial charge in [0.15, 0.2) is 0 Å². The van der Waals surface area contributed by atoms with E-state index < -0.39 is 0 Å². The fourth-order valence-electron chi connectivity index (χ4n) is 2.10. The molecule has 1 unspecified atom stereocenters. The Kier molecular flexibility index (Phi) is 4.15. The van der Waals surface area contributed by atoms with Crippen LogP contribution in [-0.2, 0) is 0 Å². The maximum Gasteiger partial charge on any atom is 0.128 e. The average molecular weight is 261 g/mol. The lowest BCUT2D eigenvalue weighted by Crippen LogP contribution is -2.11. The van der Waals surface area contributed by atoms with Crippen molar-refractivity contribution in [1.82, 2.24) is 0 Å². The first kappa shape index (κ1) is 13.5. The molecule has 100 valence electrons. The van der Waals surface area contributed by atoms with Crippen LogP contribution in [0.1, 0.15) is 30.5 Å². The van der Waals surface area contributed by atoms with Gasteiger partial charge in [0, 0.05) is 11.3 Å². The second kappa shape index (κ2) is 5.83. The van der Waals surface area contributed by atoms with Gasteiger partial charge < -0.3 is 5.32 Å². The molecule has 0 aliphatic carbocycles. The molecule has 0 aliphatic heterocycles. The van der Waals surface area contributed by atoms with Gasteiger partial charge in [-0.3, -0.25) is 0 Å². The van der Waals surface area contributed by atoms with Crippen molar-refractivity contribution in [2.75, 3.05) is 5.32 Å². The maximum atomic E-state index is 13.5. The summed E-state index contributed by atoms with van der Waals surface area (Å²) in [5.74, 6) is -0.493. The predicted octanol–water partition coefficient (Wildman–Crippen LogP) is 4.84. The minimum absolute atomic E-state index is 0.0313. The molecule has 2 rings (SSSR count). The summed E-state index contributed by atoms with van der Waals surface area (Å²) in [6.45, 7) is 3.74. The zero-order valence-corrected chi connectivity index (χ0v) is 11.1. The molecule has 0 fully saturated rings. The van der Waals surface area contributed by atoms with E-state index in [0.717, 1.165) is 17.7 Å². The Morgan fingerprint density at radius 2 is 1.84 bits per heavy atom. The Morgan fingerprint density at radius 3 is 2.53 bits per heavy atom. The highest BCUT2D eigenvalue weighted by Gasteiger charge is 2.12. The molecule has 0 saturated heterocycles. The van der Waals surface area contributed by atoms with Crippen LogP contribution in [0.5, 0.6) is 0 Å². The van der Waals surface area contributed by atoms with E-state index in [1.165, 1.54) is 18.2 Å². The quantitative estimate of drug-likeness (QED) is 0.830. The minimum Gasteiger partial charge on any atom is -0.378 e. The molecule has 1 N–H and O–H groups in total. The molecule has 0 aromatic heterocycles. The average Bonchev–Trinajstić information content (AvgIpc) is 2.40. The molecule has 0 saturated carbocycles. The zero-order chi connectivity index (χ0) is 13.8. The smallest absolute Gasteiger partial charge is 0.128 e. The second-order valence-electron chi connectivity index (χ2n) is 4.57. The van der Waals surface area contributed by atoms with E-state index in [0.29, 0.717) is 5.56 Å². The summed E-state index contributed by atoms with van der Waals surface area (Å²) in [6, 6.07) is 11.4. The largest absolute Gasteiger partial charge is 0.378 e. The second-order valence-corrected chi connectivity index (χ2v) is 4.57. The molecule has 3 heteroatoms. The summed E-state index contributed by atoms with van der Waals surface area (Å²) < 4.78 is 26.8. The van der Waals surface area contributed by atoms with Gasteiger partial charge in [-0.1, -0.05) is 25.1 Å². The van der Waals surface area contributed by atoms with Gasteiger partial charge in [-0.2, -0.15) is 0 Å². The predicted molar refractivity (Wildman–Crippen MR) is 74.2 cm³/mol. The van der Waals surface area contributed by atoms with Gasteiger partial charge in [0.1, 0.15) is 11.6 Å². The molecular weight excluding hydrogens is 244 g/mol. The lowest BCUT2D eigenvalue weighted by atomic mass is 10.0. The molecule has 2 aromatic carbocycles. The van der Waals surface area contributed by atoms with Gasteiger partial charge in [-0.05, 0) is 43.2 Å². The summed E-state index contributed by atoms with van der Waals surface area (Å²) in [6.07, 6.45) is 0.791. The van der Waals surface area contributed by atoms with Crippen LogP contribution in [0.3, 0.4) is 0 Å². The SMILES string of the molecule is CCC(Nc1cccc(F)c1C)c1cccc(F)c1. The van der Waals surface area contributed by atoms with E-state index >= 15 is 0 Å². The molecular formula is C16H17F2N. The zero-order valence-electron chi connectivity index (χ0n) is 11.1. The number of rotatable bonds is 4. The van der Waals surface area contributed by atoms with Crippen LogP contribution < -0.4 is 5.32 Å². The molecule has 1 atom stereocenters. The van der Waals surface area contributed by atoms with E-state index in [-0.39, 0.29) is 17.7 Å². The van der Waals surface area contributed by atoms with Gasteiger partial charge in [0.2, 0.25) is 0 Å². The summed E-state index contributed by atoms with van der Waals surface area (Å²) in [7, 11) is 0. The van der Waals surface area contributed by atoms with Crippen LogP contribution in [-0.4, -0.2) is 0 Å². The molecule has 19 heavy (non-hydrogen) atoms. The topological polar surface area (TPSA) is 12.0 Å². The van der Waals surface area contributed by atoms with Gasteiger partial charge in [-0.25, -0.2) is 8.78 Å². The van der Waals surface area contributed by atoms with Crippen molar-refractivity contribution in [3.63, 3.8) is 0 Å². The molecule has 0 bridgehead atoms. The summed E-state index contributed by atoms with van der Waals surface area (Å²) >= 11 is 0. The normalized spacial score (nSPS) is 12.2. The fraction of sp³-hybridized carbons (Fsp3) is 0.250. The molecule has 0 heterocycles.